The molecular weight excluding hydrogens is 632 g/mol. The van der Waals surface area contributed by atoms with Crippen LogP contribution in [0.4, 0.5) is 0 Å². The molecule has 2 bridgehead atoms. The highest BCUT2D eigenvalue weighted by Gasteiger charge is 2.79. The molecule has 284 valence electrons. The standard InChI is InChI=1S/C42H68O8/c1-13-24(3)35(46)48-26(5)34(49-36(47)25(4)14-2)42-30(22-37(6,7)8)41(50-33(42)23-43)20-16-28-39(11)19-17-31(44)38(9,10)27(39)15-18-40(28,12)29(41)21-32(42)45/h13-14,26-34,43-45H,15-23H2,1-12H3/b24-13-,25-14-/t26-,27?,28?,29?,30?,31+,32-,33-,34+,39+,40-,41-,42+/m1/s1. The van der Waals surface area contributed by atoms with E-state index in [9.17, 15) is 24.9 Å². The van der Waals surface area contributed by atoms with Gasteiger partial charge < -0.3 is 29.5 Å². The minimum atomic E-state index is -1.23. The lowest BCUT2D eigenvalue weighted by molar-refractivity contribution is -0.262. The maximum Gasteiger partial charge on any atom is 0.333 e. The lowest BCUT2D eigenvalue weighted by Gasteiger charge is -2.70. The summed E-state index contributed by atoms with van der Waals surface area (Å²) in [6, 6.07) is 0. The first-order valence-electron chi connectivity index (χ1n) is 19.4. The third-order valence-corrected chi connectivity index (χ3v) is 15.4. The number of aliphatic hydroxyl groups is 3. The Hall–Kier alpha value is -1.74. The third kappa shape index (κ3) is 5.76. The van der Waals surface area contributed by atoms with Gasteiger partial charge in [-0.3, -0.25) is 0 Å². The zero-order valence-corrected chi connectivity index (χ0v) is 33.1. The second-order valence-corrected chi connectivity index (χ2v) is 19.3. The molecule has 5 fully saturated rings. The number of fused-ring (bicyclic) bond motifs is 5. The number of allylic oxidation sites excluding steroid dienone is 2. The molecule has 4 aliphatic carbocycles. The zero-order valence-electron chi connectivity index (χ0n) is 33.1. The molecule has 8 nitrogen and oxygen atoms in total. The van der Waals surface area contributed by atoms with Crippen LogP contribution in [0.2, 0.25) is 0 Å². The van der Waals surface area contributed by atoms with Gasteiger partial charge in [-0.1, -0.05) is 60.6 Å². The molecule has 1 heterocycles. The molecule has 4 saturated carbocycles. The van der Waals surface area contributed by atoms with Gasteiger partial charge in [0.25, 0.3) is 0 Å². The number of esters is 2. The molecule has 1 spiro atoms. The largest absolute Gasteiger partial charge is 0.455 e. The highest BCUT2D eigenvalue weighted by atomic mass is 16.6. The van der Waals surface area contributed by atoms with Crippen molar-refractivity contribution in [3.8, 4) is 0 Å². The second kappa shape index (κ2) is 13.3. The number of hydrogen-bond donors (Lipinski definition) is 3. The van der Waals surface area contributed by atoms with Crippen molar-refractivity contribution in [2.75, 3.05) is 6.61 Å². The van der Waals surface area contributed by atoms with Gasteiger partial charge in [-0.25, -0.2) is 9.59 Å². The van der Waals surface area contributed by atoms with Gasteiger partial charge in [0.1, 0.15) is 12.2 Å². The van der Waals surface area contributed by atoms with Crippen molar-refractivity contribution >= 4 is 11.9 Å². The van der Waals surface area contributed by atoms with Crippen LogP contribution in [0.1, 0.15) is 134 Å². The fourth-order valence-corrected chi connectivity index (χ4v) is 12.9. The lowest BCUT2D eigenvalue weighted by Crippen LogP contribution is -2.71. The van der Waals surface area contributed by atoms with Crippen LogP contribution >= 0.6 is 0 Å². The van der Waals surface area contributed by atoms with Crippen LogP contribution < -0.4 is 0 Å². The van der Waals surface area contributed by atoms with Gasteiger partial charge >= 0.3 is 11.9 Å². The van der Waals surface area contributed by atoms with E-state index in [1.807, 2.05) is 0 Å². The lowest BCUT2D eigenvalue weighted by atomic mass is 9.34. The first-order valence-corrected chi connectivity index (χ1v) is 19.4. The molecule has 0 aromatic heterocycles. The Morgan fingerprint density at radius 3 is 1.94 bits per heavy atom. The molecule has 1 aliphatic heterocycles. The van der Waals surface area contributed by atoms with Crippen molar-refractivity contribution in [3.63, 3.8) is 0 Å². The molecule has 13 atom stereocenters. The summed E-state index contributed by atoms with van der Waals surface area (Å²) in [5, 5.41) is 35.3. The summed E-state index contributed by atoms with van der Waals surface area (Å²) in [7, 11) is 0. The fourth-order valence-electron chi connectivity index (χ4n) is 12.9. The summed E-state index contributed by atoms with van der Waals surface area (Å²) in [6.07, 6.45) is 5.85. The number of carbonyl (C=O) groups excluding carboxylic acids is 2. The second-order valence-electron chi connectivity index (χ2n) is 19.3. The van der Waals surface area contributed by atoms with E-state index in [2.05, 4.69) is 48.5 Å². The van der Waals surface area contributed by atoms with Crippen LogP contribution in [0.25, 0.3) is 0 Å². The van der Waals surface area contributed by atoms with E-state index in [-0.39, 0.29) is 46.2 Å². The normalized spacial score (nSPS) is 43.9. The molecule has 5 aliphatic rings. The van der Waals surface area contributed by atoms with Crippen molar-refractivity contribution in [1.29, 1.82) is 0 Å². The van der Waals surface area contributed by atoms with Crippen molar-refractivity contribution < 1.29 is 39.1 Å². The fraction of sp³-hybridized carbons (Fsp3) is 0.857. The summed E-state index contributed by atoms with van der Waals surface area (Å²) in [4.78, 5) is 26.9. The van der Waals surface area contributed by atoms with Crippen molar-refractivity contribution in [1.82, 2.24) is 0 Å². The predicted molar refractivity (Wildman–Crippen MR) is 194 cm³/mol. The molecule has 0 amide bonds. The Balaban J connectivity index is 1.67. The van der Waals surface area contributed by atoms with Crippen molar-refractivity contribution in [2.24, 2.45) is 50.7 Å². The zero-order chi connectivity index (χ0) is 37.4. The monoisotopic (exact) mass is 700 g/mol. The maximum atomic E-state index is 13.7. The summed E-state index contributed by atoms with van der Waals surface area (Å²) in [5.74, 6) is -0.552. The minimum absolute atomic E-state index is 0.00487. The van der Waals surface area contributed by atoms with Gasteiger partial charge in [-0.15, -0.1) is 0 Å². The molecule has 0 aromatic carbocycles. The molecule has 4 unspecified atom stereocenters. The smallest absolute Gasteiger partial charge is 0.333 e. The Bertz CT molecular complexity index is 1380. The Morgan fingerprint density at radius 1 is 0.840 bits per heavy atom. The Morgan fingerprint density at radius 2 is 1.38 bits per heavy atom. The van der Waals surface area contributed by atoms with Gasteiger partial charge in [0.05, 0.1) is 35.9 Å². The topological polar surface area (TPSA) is 123 Å². The third-order valence-electron chi connectivity index (χ3n) is 15.4. The van der Waals surface area contributed by atoms with Gasteiger partial charge in [0.15, 0.2) is 0 Å². The molecule has 3 N–H and O–H groups in total. The first kappa shape index (κ1) is 39.5. The van der Waals surface area contributed by atoms with E-state index < -0.39 is 47.4 Å². The quantitative estimate of drug-likeness (QED) is 0.178. The van der Waals surface area contributed by atoms with Crippen LogP contribution in [-0.2, 0) is 23.8 Å². The molecule has 0 radical (unpaired) electrons. The molecule has 1 saturated heterocycles. The van der Waals surface area contributed by atoms with Crippen LogP contribution in [-0.4, -0.2) is 70.0 Å². The van der Waals surface area contributed by atoms with E-state index in [1.54, 1.807) is 46.8 Å². The molecule has 0 aromatic rings. The van der Waals surface area contributed by atoms with Gasteiger partial charge in [0.2, 0.25) is 0 Å². The summed E-state index contributed by atoms with van der Waals surface area (Å²) in [5.41, 5.74) is -1.53. The van der Waals surface area contributed by atoms with Crippen LogP contribution in [0, 0.1) is 50.7 Å². The highest BCUT2D eigenvalue weighted by Crippen LogP contribution is 2.76. The van der Waals surface area contributed by atoms with E-state index in [0.717, 1.165) is 38.5 Å². The van der Waals surface area contributed by atoms with Crippen molar-refractivity contribution in [3.05, 3.63) is 23.3 Å². The van der Waals surface area contributed by atoms with Crippen LogP contribution in [0.5, 0.6) is 0 Å². The number of rotatable bonds is 8. The van der Waals surface area contributed by atoms with Crippen LogP contribution in [0.15, 0.2) is 23.3 Å². The van der Waals surface area contributed by atoms with Gasteiger partial charge in [-0.05, 0) is 125 Å². The summed E-state index contributed by atoms with van der Waals surface area (Å²) in [6.45, 7) is 24.3. The average molecular weight is 701 g/mol. The predicted octanol–water partition coefficient (Wildman–Crippen LogP) is 7.33. The first-order chi connectivity index (χ1) is 23.1. The number of ether oxygens (including phenoxy) is 3. The van der Waals surface area contributed by atoms with E-state index in [4.69, 9.17) is 14.2 Å². The number of hydrogen-bond acceptors (Lipinski definition) is 8. The van der Waals surface area contributed by atoms with Gasteiger partial charge in [-0.2, -0.15) is 0 Å². The van der Waals surface area contributed by atoms with E-state index in [1.165, 1.54) is 0 Å². The minimum Gasteiger partial charge on any atom is -0.455 e. The number of aliphatic hydroxyl groups excluding tert-OH is 3. The van der Waals surface area contributed by atoms with Gasteiger partial charge in [0, 0.05) is 17.1 Å². The highest BCUT2D eigenvalue weighted by molar-refractivity contribution is 5.88. The Labute approximate surface area is 301 Å². The summed E-state index contributed by atoms with van der Waals surface area (Å²) < 4.78 is 19.9. The number of carbonyl (C=O) groups is 2. The average Bonchev–Trinajstić information content (AvgIpc) is 3.23. The summed E-state index contributed by atoms with van der Waals surface area (Å²) >= 11 is 0. The maximum absolute atomic E-state index is 13.7. The molecular formula is C42H68O8. The van der Waals surface area contributed by atoms with Crippen molar-refractivity contribution in [2.45, 2.75) is 171 Å². The SMILES string of the molecule is C/C=C(/C)C(=O)O[C@H](C)[C@H](OC(=O)/C(C)=C\C)[C@@]12C(CC(C)(C)C)[C@]3(CCC4[C@@]5(C)CC[C@H](O)C(C)(C)C5CC[C@@]4(C)C3C[C@H]1O)O[C@@H]2CO. The molecule has 8 heteroatoms. The Kier molecular flexibility index (Phi) is 10.5. The van der Waals surface area contributed by atoms with E-state index in [0.29, 0.717) is 35.8 Å². The molecule has 5 rings (SSSR count). The van der Waals surface area contributed by atoms with Crippen LogP contribution in [0.3, 0.4) is 0 Å². The van der Waals surface area contributed by atoms with E-state index >= 15 is 0 Å². The molecule has 50 heavy (non-hydrogen) atoms.